The molecule has 0 fully saturated rings. The van der Waals surface area contributed by atoms with Gasteiger partial charge in [0.05, 0.1) is 22.0 Å². The molecule has 19 heavy (non-hydrogen) atoms. The number of likely N-dealkylation sites (N-methyl/N-ethyl adjacent to an activating group) is 1. The lowest BCUT2D eigenvalue weighted by Crippen LogP contribution is -2.24. The molecule has 1 N–H and O–H groups in total. The molecule has 100 valence electrons. The summed E-state index contributed by atoms with van der Waals surface area (Å²) in [7, 11) is 0. The molecule has 0 unspecified atom stereocenters. The van der Waals surface area contributed by atoms with Crippen LogP contribution in [0.25, 0.3) is 0 Å². The van der Waals surface area contributed by atoms with Crippen LogP contribution in [0.15, 0.2) is 24.3 Å². The van der Waals surface area contributed by atoms with E-state index >= 15 is 0 Å². The van der Waals surface area contributed by atoms with Gasteiger partial charge in [0.2, 0.25) is 0 Å². The van der Waals surface area contributed by atoms with Gasteiger partial charge in [0, 0.05) is 13.1 Å². The summed E-state index contributed by atoms with van der Waals surface area (Å²) in [5.74, 6) is -1.14. The van der Waals surface area contributed by atoms with E-state index in [1.54, 1.807) is 12.1 Å². The van der Waals surface area contributed by atoms with Crippen LogP contribution in [0.1, 0.15) is 24.2 Å². The average Bonchev–Trinajstić information content (AvgIpc) is 2.62. The number of rotatable bonds is 4. The predicted octanol–water partition coefficient (Wildman–Crippen LogP) is 2.88. The smallest absolute Gasteiger partial charge is 0.296 e. The zero-order chi connectivity index (χ0) is 14.2. The van der Waals surface area contributed by atoms with Crippen LogP contribution in [0.2, 0.25) is 5.02 Å². The van der Waals surface area contributed by atoms with Crippen molar-refractivity contribution < 1.29 is 9.59 Å². The molecule has 1 aliphatic rings. The number of carbonyl (C=O) groups is 2. The molecule has 0 bridgehead atoms. The Bertz CT molecular complexity index is 581. The molecule has 4 nitrogen and oxygen atoms in total. The van der Waals surface area contributed by atoms with E-state index in [1.807, 2.05) is 18.7 Å². The van der Waals surface area contributed by atoms with E-state index in [0.717, 1.165) is 17.8 Å². The van der Waals surface area contributed by atoms with Crippen molar-refractivity contribution in [2.75, 3.05) is 23.3 Å². The molecular formula is C14H15ClN2O2. The number of hydrogen-bond acceptors (Lipinski definition) is 3. The summed E-state index contributed by atoms with van der Waals surface area (Å²) in [5.41, 5.74) is 2.67. The standard InChI is InChI=1S/C14H15ClN2O2/c1-4-17(7-8(2)3)12-6-11-9(5-10(12)15)13(18)14(19)16-11/h5-6H,2,4,7H2,1,3H3,(H,16,18,19). The fourth-order valence-electron chi connectivity index (χ4n) is 2.09. The van der Waals surface area contributed by atoms with E-state index in [2.05, 4.69) is 11.9 Å². The quantitative estimate of drug-likeness (QED) is 0.680. The lowest BCUT2D eigenvalue weighted by molar-refractivity contribution is -0.112. The van der Waals surface area contributed by atoms with Gasteiger partial charge in [-0.05, 0) is 26.0 Å². The van der Waals surface area contributed by atoms with Crippen molar-refractivity contribution in [2.24, 2.45) is 0 Å². The molecule has 0 atom stereocenters. The van der Waals surface area contributed by atoms with Crippen molar-refractivity contribution in [3.63, 3.8) is 0 Å². The highest BCUT2D eigenvalue weighted by Crippen LogP contribution is 2.35. The number of benzene rings is 1. The number of Topliss-reactive ketones (excluding diaryl/α,β-unsaturated/α-hetero) is 1. The second-order valence-electron chi connectivity index (χ2n) is 4.60. The zero-order valence-corrected chi connectivity index (χ0v) is 11.7. The van der Waals surface area contributed by atoms with Crippen LogP contribution in [0.3, 0.4) is 0 Å². The minimum absolute atomic E-state index is 0.338. The van der Waals surface area contributed by atoms with E-state index in [-0.39, 0.29) is 0 Å². The first kappa shape index (κ1) is 13.6. The van der Waals surface area contributed by atoms with Crippen LogP contribution in [0.5, 0.6) is 0 Å². The van der Waals surface area contributed by atoms with Crippen molar-refractivity contribution in [1.82, 2.24) is 0 Å². The Hall–Kier alpha value is -1.81. The summed E-state index contributed by atoms with van der Waals surface area (Å²) in [6, 6.07) is 3.29. The van der Waals surface area contributed by atoms with Crippen LogP contribution < -0.4 is 10.2 Å². The highest BCUT2D eigenvalue weighted by atomic mass is 35.5. The SMILES string of the molecule is C=C(C)CN(CC)c1cc2c(cc1Cl)C(=O)C(=O)N2. The number of hydrogen-bond donors (Lipinski definition) is 1. The van der Waals surface area contributed by atoms with E-state index in [9.17, 15) is 9.59 Å². The predicted molar refractivity (Wildman–Crippen MR) is 77.1 cm³/mol. The summed E-state index contributed by atoms with van der Waals surface area (Å²) < 4.78 is 0. The van der Waals surface area contributed by atoms with Gasteiger partial charge in [0.25, 0.3) is 11.7 Å². The minimum atomic E-state index is -0.605. The van der Waals surface area contributed by atoms with Crippen LogP contribution in [-0.4, -0.2) is 24.8 Å². The van der Waals surface area contributed by atoms with Crippen molar-refractivity contribution in [2.45, 2.75) is 13.8 Å². The zero-order valence-electron chi connectivity index (χ0n) is 10.9. The number of ketones is 1. The Kier molecular flexibility index (Phi) is 3.62. The highest BCUT2D eigenvalue weighted by molar-refractivity contribution is 6.52. The molecule has 0 radical (unpaired) electrons. The van der Waals surface area contributed by atoms with Gasteiger partial charge in [-0.3, -0.25) is 9.59 Å². The number of nitrogens with zero attached hydrogens (tertiary/aromatic N) is 1. The van der Waals surface area contributed by atoms with Gasteiger partial charge in [-0.1, -0.05) is 23.8 Å². The van der Waals surface area contributed by atoms with Gasteiger partial charge in [0.1, 0.15) is 0 Å². The lowest BCUT2D eigenvalue weighted by atomic mass is 10.1. The average molecular weight is 279 g/mol. The van der Waals surface area contributed by atoms with Crippen LogP contribution >= 0.6 is 11.6 Å². The van der Waals surface area contributed by atoms with Crippen LogP contribution in [0.4, 0.5) is 11.4 Å². The second kappa shape index (κ2) is 5.05. The number of nitrogens with one attached hydrogen (secondary N) is 1. The Morgan fingerprint density at radius 3 is 2.68 bits per heavy atom. The van der Waals surface area contributed by atoms with Crippen molar-refractivity contribution >= 4 is 34.7 Å². The first-order chi connectivity index (χ1) is 8.93. The van der Waals surface area contributed by atoms with Gasteiger partial charge >= 0.3 is 0 Å². The number of fused-ring (bicyclic) bond motifs is 1. The van der Waals surface area contributed by atoms with Gasteiger partial charge in [-0.2, -0.15) is 0 Å². The molecule has 0 aromatic heterocycles. The maximum atomic E-state index is 11.6. The summed E-state index contributed by atoms with van der Waals surface area (Å²) in [6.45, 7) is 9.27. The summed E-state index contributed by atoms with van der Waals surface area (Å²) in [6.07, 6.45) is 0. The molecule has 1 aromatic carbocycles. The van der Waals surface area contributed by atoms with Crippen molar-refractivity contribution in [3.05, 3.63) is 34.9 Å². The minimum Gasteiger partial charge on any atom is -0.367 e. The lowest BCUT2D eigenvalue weighted by Gasteiger charge is -2.24. The third-order valence-corrected chi connectivity index (χ3v) is 3.27. The molecule has 0 spiro atoms. The fraction of sp³-hybridized carbons (Fsp3) is 0.286. The summed E-state index contributed by atoms with van der Waals surface area (Å²) in [5, 5.41) is 3.02. The Morgan fingerprint density at radius 2 is 2.11 bits per heavy atom. The number of amides is 1. The molecule has 0 saturated carbocycles. The first-order valence-corrected chi connectivity index (χ1v) is 6.40. The third-order valence-electron chi connectivity index (χ3n) is 2.97. The van der Waals surface area contributed by atoms with E-state index in [4.69, 9.17) is 11.6 Å². The first-order valence-electron chi connectivity index (χ1n) is 6.02. The van der Waals surface area contributed by atoms with E-state index < -0.39 is 11.7 Å². The highest BCUT2D eigenvalue weighted by Gasteiger charge is 2.29. The van der Waals surface area contributed by atoms with Gasteiger partial charge < -0.3 is 10.2 Å². The Labute approximate surface area is 117 Å². The largest absolute Gasteiger partial charge is 0.367 e. The third kappa shape index (κ3) is 2.49. The fourth-order valence-corrected chi connectivity index (χ4v) is 2.37. The Morgan fingerprint density at radius 1 is 1.42 bits per heavy atom. The normalized spacial score (nSPS) is 13.2. The maximum Gasteiger partial charge on any atom is 0.296 e. The van der Waals surface area contributed by atoms with Gasteiger partial charge in [0.15, 0.2) is 0 Å². The molecule has 1 aliphatic heterocycles. The van der Waals surface area contributed by atoms with Crippen LogP contribution in [-0.2, 0) is 4.79 Å². The van der Waals surface area contributed by atoms with Gasteiger partial charge in [-0.25, -0.2) is 0 Å². The molecule has 2 rings (SSSR count). The van der Waals surface area contributed by atoms with Crippen molar-refractivity contribution in [3.8, 4) is 0 Å². The topological polar surface area (TPSA) is 49.4 Å². The summed E-state index contributed by atoms with van der Waals surface area (Å²) >= 11 is 6.22. The molecule has 1 aromatic rings. The van der Waals surface area contributed by atoms with E-state index in [0.29, 0.717) is 22.8 Å². The summed E-state index contributed by atoms with van der Waals surface area (Å²) in [4.78, 5) is 25.0. The number of halogens is 1. The monoisotopic (exact) mass is 278 g/mol. The Balaban J connectivity index is 2.44. The molecule has 0 saturated heterocycles. The van der Waals surface area contributed by atoms with E-state index in [1.165, 1.54) is 0 Å². The molecule has 1 heterocycles. The number of anilines is 2. The molecule has 5 heteroatoms. The molecular weight excluding hydrogens is 264 g/mol. The molecule has 0 aliphatic carbocycles. The second-order valence-corrected chi connectivity index (χ2v) is 5.01. The van der Waals surface area contributed by atoms with Crippen molar-refractivity contribution in [1.29, 1.82) is 0 Å². The maximum absolute atomic E-state index is 11.6. The number of carbonyl (C=O) groups excluding carboxylic acids is 2. The van der Waals surface area contributed by atoms with Gasteiger partial charge in [-0.15, -0.1) is 0 Å². The van der Waals surface area contributed by atoms with Crippen LogP contribution in [0, 0.1) is 0 Å². The molecule has 1 amide bonds.